The summed E-state index contributed by atoms with van der Waals surface area (Å²) < 4.78 is 45.5. The minimum Gasteiger partial charge on any atom is -0.472 e. The van der Waals surface area contributed by atoms with Crippen LogP contribution in [0.2, 0.25) is 0 Å². The molecule has 0 aromatic rings. The molecule has 20 nitrogen and oxygen atoms in total. The van der Waals surface area contributed by atoms with E-state index in [1.165, 1.54) is 12.5 Å². The van der Waals surface area contributed by atoms with Crippen LogP contribution in [0.4, 0.5) is 0 Å². The molecule has 0 spiro atoms. The zero-order valence-corrected chi connectivity index (χ0v) is 35.1. The standard InChI is InChI=1S/C42H64O20/c1-17(8-9-55-37(53)23-15-57-39(29-19(3)25(45)10-21(23)29)61-41-35(51)33(49)31(47)27(12-43)59-41)6-5-7-18(2)14-56-38(54)24-16-58-40(30-20(4)26(46)11-22(24)30)62-42-36(52)34(50)32(48)28(13-44)60-42/h15-18,20-22,25-36,39-52H,3,5-14H2,1-2,4H3/t17-,18-,20-,21-,22-,25+,26+,27-,28-,29-,30-,31-,32-,33+,34+,35-,36-,39+,40+,41+,42+/m1/s1. The molecule has 62 heavy (non-hydrogen) atoms. The molecule has 4 heterocycles. The molecule has 6 rings (SSSR count). The predicted octanol–water partition coefficient (Wildman–Crippen LogP) is -1.79. The number of esters is 2. The van der Waals surface area contributed by atoms with Crippen molar-refractivity contribution < 1.29 is 98.5 Å². The average Bonchev–Trinajstić information content (AvgIpc) is 3.72. The summed E-state index contributed by atoms with van der Waals surface area (Å²) in [5.74, 6) is -3.76. The zero-order valence-electron chi connectivity index (χ0n) is 35.1. The maximum atomic E-state index is 13.3. The number of aliphatic hydroxyl groups is 10. The molecule has 21 atom stereocenters. The lowest BCUT2D eigenvalue weighted by atomic mass is 9.83. The number of hydrogen-bond donors (Lipinski definition) is 10. The molecule has 2 aliphatic carbocycles. The summed E-state index contributed by atoms with van der Waals surface area (Å²) in [4.78, 5) is 26.6. The zero-order chi connectivity index (χ0) is 45.2. The van der Waals surface area contributed by atoms with Crippen molar-refractivity contribution >= 4 is 11.9 Å². The van der Waals surface area contributed by atoms with Gasteiger partial charge in [0.15, 0.2) is 12.6 Å². The Morgan fingerprint density at radius 2 is 1.23 bits per heavy atom. The van der Waals surface area contributed by atoms with E-state index in [1.807, 2.05) is 13.8 Å². The van der Waals surface area contributed by atoms with Crippen LogP contribution in [0.15, 0.2) is 35.8 Å². The highest BCUT2D eigenvalue weighted by molar-refractivity contribution is 5.89. The summed E-state index contributed by atoms with van der Waals surface area (Å²) in [5, 5.41) is 102. The van der Waals surface area contributed by atoms with Crippen LogP contribution in [0.3, 0.4) is 0 Å². The second kappa shape index (κ2) is 21.0. The lowest BCUT2D eigenvalue weighted by Gasteiger charge is -2.43. The van der Waals surface area contributed by atoms with E-state index in [9.17, 15) is 60.7 Å². The molecule has 0 unspecified atom stereocenters. The summed E-state index contributed by atoms with van der Waals surface area (Å²) in [7, 11) is 0. The summed E-state index contributed by atoms with van der Waals surface area (Å²) in [6.45, 7) is 8.71. The van der Waals surface area contributed by atoms with Crippen molar-refractivity contribution in [3.63, 3.8) is 0 Å². The fraction of sp³-hybridized carbons (Fsp3) is 0.810. The summed E-state index contributed by atoms with van der Waals surface area (Å²) in [6, 6.07) is 0. The normalized spacial score (nSPS) is 42.7. The van der Waals surface area contributed by atoms with Crippen molar-refractivity contribution in [3.8, 4) is 0 Å². The van der Waals surface area contributed by atoms with Crippen molar-refractivity contribution in [2.45, 2.75) is 145 Å². The Morgan fingerprint density at radius 1 is 0.694 bits per heavy atom. The summed E-state index contributed by atoms with van der Waals surface area (Å²) >= 11 is 0. The topological polar surface area (TPSA) is 310 Å². The highest BCUT2D eigenvalue weighted by Crippen LogP contribution is 2.49. The van der Waals surface area contributed by atoms with Gasteiger partial charge in [-0.15, -0.1) is 0 Å². The van der Waals surface area contributed by atoms with Crippen LogP contribution in [0.25, 0.3) is 0 Å². The Hall–Kier alpha value is -2.80. The second-order valence-corrected chi connectivity index (χ2v) is 17.8. The van der Waals surface area contributed by atoms with Crippen LogP contribution in [-0.4, -0.2) is 176 Å². The lowest BCUT2D eigenvalue weighted by Crippen LogP contribution is -2.60. The van der Waals surface area contributed by atoms with Crippen molar-refractivity contribution in [2.75, 3.05) is 26.4 Å². The van der Waals surface area contributed by atoms with E-state index >= 15 is 0 Å². The SMILES string of the molecule is C=C1[C@H]2[C@H](O[C@@H]3O[C@H](CO)[C@@H](O)[C@H](O)[C@H]3O)OC=C(C(=O)OCC[C@H](C)CCC[C@@H](C)COC(=O)C3=CO[C@@H](O[C@@H]4O[C@H](CO)[C@@H](O)[C@H](O)[C@H]4O)[C@@H]4[C@H](C)[C@@H](O)C[C@H]34)[C@H]2C[C@@H]1O. The van der Waals surface area contributed by atoms with Crippen LogP contribution in [0.5, 0.6) is 0 Å². The smallest absolute Gasteiger partial charge is 0.337 e. The third-order valence-corrected chi connectivity index (χ3v) is 13.4. The van der Waals surface area contributed by atoms with E-state index in [-0.39, 0.29) is 55.0 Å². The molecule has 10 N–H and O–H groups in total. The van der Waals surface area contributed by atoms with Crippen LogP contribution in [-0.2, 0) is 47.5 Å². The summed E-state index contributed by atoms with van der Waals surface area (Å²) in [6.07, 6.45) is -13.4. The van der Waals surface area contributed by atoms with Crippen LogP contribution in [0.1, 0.15) is 59.3 Å². The van der Waals surface area contributed by atoms with E-state index in [4.69, 9.17) is 37.9 Å². The predicted molar refractivity (Wildman–Crippen MR) is 208 cm³/mol. The summed E-state index contributed by atoms with van der Waals surface area (Å²) in [5.41, 5.74) is 0.765. The minimum atomic E-state index is -1.68. The first-order valence-electron chi connectivity index (χ1n) is 21.5. The van der Waals surface area contributed by atoms with E-state index in [0.29, 0.717) is 12.0 Å². The Kier molecular flexibility index (Phi) is 16.5. The Balaban J connectivity index is 0.921. The van der Waals surface area contributed by atoms with E-state index in [2.05, 4.69) is 6.58 Å². The first kappa shape index (κ1) is 48.7. The molecule has 2 saturated heterocycles. The second-order valence-electron chi connectivity index (χ2n) is 17.8. The van der Waals surface area contributed by atoms with E-state index < -0.39 is 135 Å². The van der Waals surface area contributed by atoms with E-state index in [1.54, 1.807) is 6.92 Å². The molecule has 0 aromatic carbocycles. The molecule has 6 aliphatic rings. The third-order valence-electron chi connectivity index (χ3n) is 13.4. The van der Waals surface area contributed by atoms with Crippen molar-refractivity contribution in [3.05, 3.63) is 35.8 Å². The Bertz CT molecular complexity index is 1600. The monoisotopic (exact) mass is 888 g/mol. The van der Waals surface area contributed by atoms with Crippen LogP contribution < -0.4 is 0 Å². The van der Waals surface area contributed by atoms with Gasteiger partial charge in [-0.25, -0.2) is 9.59 Å². The number of carbonyl (C=O) groups is 2. The van der Waals surface area contributed by atoms with Gasteiger partial charge in [0.25, 0.3) is 0 Å². The van der Waals surface area contributed by atoms with Gasteiger partial charge in [0.1, 0.15) is 48.8 Å². The fourth-order valence-corrected chi connectivity index (χ4v) is 9.40. The number of hydrogen-bond acceptors (Lipinski definition) is 20. The minimum absolute atomic E-state index is 0.0106. The van der Waals surface area contributed by atoms with Gasteiger partial charge in [-0.1, -0.05) is 40.2 Å². The molecule has 0 aromatic heterocycles. The molecule has 4 aliphatic heterocycles. The largest absolute Gasteiger partial charge is 0.472 e. The number of fused-ring (bicyclic) bond motifs is 2. The van der Waals surface area contributed by atoms with Gasteiger partial charge in [0.05, 0.1) is 68.2 Å². The van der Waals surface area contributed by atoms with Crippen molar-refractivity contribution in [2.24, 2.45) is 41.4 Å². The van der Waals surface area contributed by atoms with Gasteiger partial charge in [-0.2, -0.15) is 0 Å². The number of ether oxygens (including phenoxy) is 8. The first-order valence-corrected chi connectivity index (χ1v) is 21.5. The molecule has 0 amide bonds. The van der Waals surface area contributed by atoms with Gasteiger partial charge >= 0.3 is 11.9 Å². The van der Waals surface area contributed by atoms with Crippen molar-refractivity contribution in [1.82, 2.24) is 0 Å². The van der Waals surface area contributed by atoms with Gasteiger partial charge in [-0.3, -0.25) is 0 Å². The van der Waals surface area contributed by atoms with Crippen molar-refractivity contribution in [1.29, 1.82) is 0 Å². The lowest BCUT2D eigenvalue weighted by molar-refractivity contribution is -0.342. The first-order chi connectivity index (χ1) is 29.5. The molecule has 0 radical (unpaired) electrons. The molecule has 352 valence electrons. The highest BCUT2D eigenvalue weighted by Gasteiger charge is 2.55. The number of rotatable bonds is 17. The molecule has 2 saturated carbocycles. The van der Waals surface area contributed by atoms with Gasteiger partial charge in [0, 0.05) is 17.8 Å². The number of carbonyl (C=O) groups excluding carboxylic acids is 2. The average molecular weight is 889 g/mol. The Labute approximate surface area is 359 Å². The van der Waals surface area contributed by atoms with Gasteiger partial charge in [-0.05, 0) is 49.0 Å². The van der Waals surface area contributed by atoms with Crippen LogP contribution in [0, 0.1) is 41.4 Å². The molecule has 20 heteroatoms. The molecular weight excluding hydrogens is 824 g/mol. The van der Waals surface area contributed by atoms with Crippen LogP contribution >= 0.6 is 0 Å². The maximum absolute atomic E-state index is 13.3. The quantitative estimate of drug-likeness (QED) is 0.0569. The maximum Gasteiger partial charge on any atom is 0.337 e. The molecular formula is C42H64O20. The number of aliphatic hydroxyl groups excluding tert-OH is 10. The highest BCUT2D eigenvalue weighted by atomic mass is 16.8. The fourth-order valence-electron chi connectivity index (χ4n) is 9.40. The Morgan fingerprint density at radius 3 is 1.82 bits per heavy atom. The third kappa shape index (κ3) is 10.3. The van der Waals surface area contributed by atoms with E-state index in [0.717, 1.165) is 19.3 Å². The molecule has 0 bridgehead atoms. The van der Waals surface area contributed by atoms with Gasteiger partial charge < -0.3 is 89.0 Å². The van der Waals surface area contributed by atoms with Gasteiger partial charge in [0.2, 0.25) is 12.6 Å². The molecule has 4 fully saturated rings.